The Morgan fingerprint density at radius 3 is 3.00 bits per heavy atom. The lowest BCUT2D eigenvalue weighted by Crippen LogP contribution is -2.33. The van der Waals surface area contributed by atoms with Crippen LogP contribution in [-0.2, 0) is 4.79 Å². The minimum atomic E-state index is 0.0627. The number of pyridine rings is 1. The monoisotopic (exact) mass is 265 g/mol. The van der Waals surface area contributed by atoms with Crippen molar-refractivity contribution in [1.29, 1.82) is 0 Å². The van der Waals surface area contributed by atoms with Crippen LogP contribution in [0.3, 0.4) is 0 Å². The Kier molecular flexibility index (Phi) is 2.99. The standard InChI is InChI=1S/C13H16ClN3O/c1-7-4-5-15-12(14)11(7)17-13(18)9-6-8-2-3-10(9)16-8/h4-5,8-10,16H,2-3,6H2,1H3,(H,17,18). The van der Waals surface area contributed by atoms with Crippen molar-refractivity contribution in [2.75, 3.05) is 5.32 Å². The van der Waals surface area contributed by atoms with Crippen molar-refractivity contribution < 1.29 is 4.79 Å². The molecule has 0 radical (unpaired) electrons. The molecule has 18 heavy (non-hydrogen) atoms. The maximum Gasteiger partial charge on any atom is 0.229 e. The highest BCUT2D eigenvalue weighted by Gasteiger charge is 2.42. The van der Waals surface area contributed by atoms with Crippen LogP contribution in [0.25, 0.3) is 0 Å². The first-order chi connectivity index (χ1) is 8.65. The SMILES string of the molecule is Cc1ccnc(Cl)c1NC(=O)C1CC2CCC1N2. The molecule has 0 saturated carbocycles. The van der Waals surface area contributed by atoms with E-state index >= 15 is 0 Å². The molecule has 4 nitrogen and oxygen atoms in total. The second-order valence-corrected chi connectivity index (χ2v) is 5.53. The minimum absolute atomic E-state index is 0.0627. The van der Waals surface area contributed by atoms with E-state index in [1.165, 1.54) is 6.42 Å². The molecule has 2 aliphatic rings. The molecule has 0 spiro atoms. The molecule has 0 aliphatic carbocycles. The molecule has 3 atom stereocenters. The zero-order valence-electron chi connectivity index (χ0n) is 10.2. The molecule has 1 amide bonds. The second-order valence-electron chi connectivity index (χ2n) is 5.17. The van der Waals surface area contributed by atoms with E-state index in [0.29, 0.717) is 22.9 Å². The van der Waals surface area contributed by atoms with Crippen LogP contribution in [0.1, 0.15) is 24.8 Å². The van der Waals surface area contributed by atoms with Crippen LogP contribution in [0, 0.1) is 12.8 Å². The molecule has 2 bridgehead atoms. The van der Waals surface area contributed by atoms with Gasteiger partial charge in [0.1, 0.15) is 0 Å². The summed E-state index contributed by atoms with van der Waals surface area (Å²) in [5.41, 5.74) is 1.59. The summed E-state index contributed by atoms with van der Waals surface area (Å²) in [7, 11) is 0. The maximum atomic E-state index is 12.3. The number of fused-ring (bicyclic) bond motifs is 2. The van der Waals surface area contributed by atoms with Crippen LogP contribution in [0.4, 0.5) is 5.69 Å². The van der Waals surface area contributed by atoms with E-state index in [0.717, 1.165) is 18.4 Å². The second kappa shape index (κ2) is 4.52. The number of amides is 1. The Bertz CT molecular complexity index is 471. The summed E-state index contributed by atoms with van der Waals surface area (Å²) in [4.78, 5) is 16.3. The number of hydrogen-bond acceptors (Lipinski definition) is 3. The number of rotatable bonds is 2. The molecule has 0 aromatic carbocycles. The largest absolute Gasteiger partial charge is 0.323 e. The Morgan fingerprint density at radius 2 is 2.39 bits per heavy atom. The lowest BCUT2D eigenvalue weighted by atomic mass is 9.88. The number of carbonyl (C=O) groups excluding carboxylic acids is 1. The molecule has 2 fully saturated rings. The Labute approximate surface area is 111 Å². The van der Waals surface area contributed by atoms with Crippen LogP contribution in [-0.4, -0.2) is 23.0 Å². The number of carbonyl (C=O) groups is 1. The molecule has 5 heteroatoms. The minimum Gasteiger partial charge on any atom is -0.323 e. The van der Waals surface area contributed by atoms with Gasteiger partial charge in [0.05, 0.1) is 11.6 Å². The van der Waals surface area contributed by atoms with Crippen molar-refractivity contribution in [2.45, 2.75) is 38.3 Å². The van der Waals surface area contributed by atoms with Gasteiger partial charge in [-0.25, -0.2) is 4.98 Å². The van der Waals surface area contributed by atoms with Crippen molar-refractivity contribution in [3.05, 3.63) is 23.0 Å². The number of aromatic nitrogens is 1. The van der Waals surface area contributed by atoms with Crippen molar-refractivity contribution in [3.63, 3.8) is 0 Å². The number of nitrogens with one attached hydrogen (secondary N) is 2. The quantitative estimate of drug-likeness (QED) is 0.806. The predicted molar refractivity (Wildman–Crippen MR) is 70.7 cm³/mol. The average Bonchev–Trinajstić information content (AvgIpc) is 2.96. The fourth-order valence-corrected chi connectivity index (χ4v) is 3.26. The van der Waals surface area contributed by atoms with Crippen LogP contribution >= 0.6 is 11.6 Å². The fraction of sp³-hybridized carbons (Fsp3) is 0.538. The van der Waals surface area contributed by atoms with Gasteiger partial charge in [0, 0.05) is 18.3 Å². The van der Waals surface area contributed by atoms with Crippen LogP contribution in [0.15, 0.2) is 12.3 Å². The van der Waals surface area contributed by atoms with E-state index in [4.69, 9.17) is 11.6 Å². The molecule has 1 aromatic rings. The van der Waals surface area contributed by atoms with Crippen molar-refractivity contribution in [3.8, 4) is 0 Å². The first-order valence-corrected chi connectivity index (χ1v) is 6.71. The van der Waals surface area contributed by atoms with E-state index in [1.807, 2.05) is 13.0 Å². The lowest BCUT2D eigenvalue weighted by Gasteiger charge is -2.20. The molecule has 2 N–H and O–H groups in total. The molecule has 3 rings (SSSR count). The third-order valence-electron chi connectivity index (χ3n) is 4.00. The van der Waals surface area contributed by atoms with Gasteiger partial charge in [0.25, 0.3) is 0 Å². The molecular weight excluding hydrogens is 250 g/mol. The highest BCUT2D eigenvalue weighted by molar-refractivity contribution is 6.32. The van der Waals surface area contributed by atoms with Crippen molar-refractivity contribution >= 4 is 23.2 Å². The third kappa shape index (κ3) is 1.99. The molecule has 3 unspecified atom stereocenters. The van der Waals surface area contributed by atoms with Gasteiger partial charge in [-0.15, -0.1) is 0 Å². The summed E-state index contributed by atoms with van der Waals surface area (Å²) in [5, 5.41) is 6.76. The number of nitrogens with zero attached hydrogens (tertiary/aromatic N) is 1. The smallest absolute Gasteiger partial charge is 0.229 e. The first kappa shape index (κ1) is 11.9. The van der Waals surface area contributed by atoms with Crippen LogP contribution < -0.4 is 10.6 Å². The van der Waals surface area contributed by atoms with E-state index in [9.17, 15) is 4.79 Å². The summed E-state index contributed by atoms with van der Waals surface area (Å²) in [6, 6.07) is 2.71. The highest BCUT2D eigenvalue weighted by atomic mass is 35.5. The summed E-state index contributed by atoms with van der Waals surface area (Å²) >= 11 is 6.02. The van der Waals surface area contributed by atoms with E-state index in [-0.39, 0.29) is 11.8 Å². The summed E-state index contributed by atoms with van der Waals surface area (Å²) < 4.78 is 0. The first-order valence-electron chi connectivity index (χ1n) is 6.33. The molecule has 2 saturated heterocycles. The maximum absolute atomic E-state index is 12.3. The topological polar surface area (TPSA) is 54.0 Å². The number of anilines is 1. The van der Waals surface area contributed by atoms with Gasteiger partial charge in [-0.2, -0.15) is 0 Å². The average molecular weight is 266 g/mol. The van der Waals surface area contributed by atoms with E-state index < -0.39 is 0 Å². The fourth-order valence-electron chi connectivity index (χ4n) is 3.01. The van der Waals surface area contributed by atoms with E-state index in [2.05, 4.69) is 15.6 Å². The van der Waals surface area contributed by atoms with Gasteiger partial charge in [-0.1, -0.05) is 11.6 Å². The van der Waals surface area contributed by atoms with E-state index in [1.54, 1.807) is 6.20 Å². The predicted octanol–water partition coefficient (Wildman–Crippen LogP) is 2.12. The Balaban J connectivity index is 1.75. The van der Waals surface area contributed by atoms with Gasteiger partial charge in [0.15, 0.2) is 5.15 Å². The normalized spacial score (nSPS) is 29.6. The van der Waals surface area contributed by atoms with Gasteiger partial charge < -0.3 is 10.6 Å². The Morgan fingerprint density at radius 1 is 1.56 bits per heavy atom. The number of aryl methyl sites for hydroxylation is 1. The molecule has 2 aliphatic heterocycles. The zero-order valence-corrected chi connectivity index (χ0v) is 11.0. The lowest BCUT2D eigenvalue weighted by molar-refractivity contribution is -0.120. The molecule has 96 valence electrons. The van der Waals surface area contributed by atoms with Crippen LogP contribution in [0.2, 0.25) is 5.15 Å². The zero-order chi connectivity index (χ0) is 12.7. The van der Waals surface area contributed by atoms with Gasteiger partial charge >= 0.3 is 0 Å². The summed E-state index contributed by atoms with van der Waals surface area (Å²) in [5.74, 6) is 0.132. The summed E-state index contributed by atoms with van der Waals surface area (Å²) in [6.07, 6.45) is 4.88. The van der Waals surface area contributed by atoms with Gasteiger partial charge in [0.2, 0.25) is 5.91 Å². The molecule has 1 aromatic heterocycles. The number of hydrogen-bond donors (Lipinski definition) is 2. The third-order valence-corrected chi connectivity index (χ3v) is 4.28. The Hall–Kier alpha value is -1.13. The molecular formula is C13H16ClN3O. The number of halogens is 1. The summed E-state index contributed by atoms with van der Waals surface area (Å²) in [6.45, 7) is 1.92. The molecule has 3 heterocycles. The van der Waals surface area contributed by atoms with Crippen molar-refractivity contribution in [1.82, 2.24) is 10.3 Å². The highest BCUT2D eigenvalue weighted by Crippen LogP contribution is 2.34. The van der Waals surface area contributed by atoms with Crippen molar-refractivity contribution in [2.24, 2.45) is 5.92 Å². The van der Waals surface area contributed by atoms with Gasteiger partial charge in [-0.3, -0.25) is 4.79 Å². The van der Waals surface area contributed by atoms with Gasteiger partial charge in [-0.05, 0) is 37.8 Å². The van der Waals surface area contributed by atoms with Crippen LogP contribution in [0.5, 0.6) is 0 Å².